The number of hydrogen-bond acceptors (Lipinski definition) is 7. The van der Waals surface area contributed by atoms with Gasteiger partial charge in [-0.2, -0.15) is 0 Å². The molecule has 2 aliphatic rings. The standard InChI is InChI=1S/C22H28N8/c1-5-22(16-10-11-24-19(12-16)28(3)4)21-27-26-15(2)29(21)18-13-23-14-25-20(18)30(22)17-8-6-7-9-17/h10-14,17H,5-9H2,1-4H3/t22-/m1/s1. The van der Waals surface area contributed by atoms with Gasteiger partial charge in [0.2, 0.25) is 0 Å². The number of aromatic nitrogens is 6. The molecule has 0 unspecified atom stereocenters. The molecule has 30 heavy (non-hydrogen) atoms. The van der Waals surface area contributed by atoms with E-state index in [-0.39, 0.29) is 0 Å². The minimum atomic E-state index is -0.467. The molecule has 1 fully saturated rings. The van der Waals surface area contributed by atoms with Crippen molar-refractivity contribution in [3.8, 4) is 5.69 Å². The van der Waals surface area contributed by atoms with E-state index in [1.165, 1.54) is 18.4 Å². The predicted octanol–water partition coefficient (Wildman–Crippen LogP) is 3.24. The molecule has 0 N–H and O–H groups in total. The maximum Gasteiger partial charge on any atom is 0.168 e. The summed E-state index contributed by atoms with van der Waals surface area (Å²) in [7, 11) is 4.05. The number of hydrogen-bond donors (Lipinski definition) is 0. The highest BCUT2D eigenvalue weighted by Gasteiger charge is 2.51. The molecule has 156 valence electrons. The lowest BCUT2D eigenvalue weighted by Crippen LogP contribution is -2.56. The van der Waals surface area contributed by atoms with Gasteiger partial charge in [-0.1, -0.05) is 19.8 Å². The summed E-state index contributed by atoms with van der Waals surface area (Å²) in [6.07, 6.45) is 11.1. The van der Waals surface area contributed by atoms with E-state index in [9.17, 15) is 0 Å². The second-order valence-corrected chi connectivity index (χ2v) is 8.46. The largest absolute Gasteiger partial charge is 0.363 e. The van der Waals surface area contributed by atoms with E-state index < -0.39 is 5.54 Å². The van der Waals surface area contributed by atoms with Crippen LogP contribution in [0.5, 0.6) is 0 Å². The van der Waals surface area contributed by atoms with Gasteiger partial charge in [-0.15, -0.1) is 10.2 Å². The number of nitrogens with zero attached hydrogens (tertiary/aromatic N) is 8. The molecule has 0 bridgehead atoms. The zero-order valence-corrected chi connectivity index (χ0v) is 18.1. The highest BCUT2D eigenvalue weighted by molar-refractivity contribution is 5.67. The molecule has 0 amide bonds. The van der Waals surface area contributed by atoms with Crippen molar-refractivity contribution in [1.82, 2.24) is 29.7 Å². The van der Waals surface area contributed by atoms with Crippen LogP contribution >= 0.6 is 0 Å². The molecule has 0 spiro atoms. The van der Waals surface area contributed by atoms with Crippen LogP contribution in [0.15, 0.2) is 30.9 Å². The van der Waals surface area contributed by atoms with E-state index in [0.29, 0.717) is 6.04 Å². The van der Waals surface area contributed by atoms with E-state index in [4.69, 9.17) is 10.1 Å². The number of aryl methyl sites for hydroxylation is 1. The van der Waals surface area contributed by atoms with E-state index >= 15 is 0 Å². The molecule has 8 nitrogen and oxygen atoms in total. The first-order chi connectivity index (χ1) is 14.6. The molecular formula is C22H28N8. The molecule has 3 aromatic heterocycles. The minimum Gasteiger partial charge on any atom is -0.363 e. The van der Waals surface area contributed by atoms with Crippen molar-refractivity contribution in [1.29, 1.82) is 0 Å². The molecule has 0 aromatic carbocycles. The second kappa shape index (κ2) is 7.04. The summed E-state index contributed by atoms with van der Waals surface area (Å²) in [5.74, 6) is 3.69. The van der Waals surface area contributed by atoms with Crippen molar-refractivity contribution in [3.05, 3.63) is 48.1 Å². The third-order valence-electron chi connectivity index (χ3n) is 6.63. The van der Waals surface area contributed by atoms with Crippen molar-refractivity contribution >= 4 is 11.6 Å². The lowest BCUT2D eigenvalue weighted by atomic mass is 9.81. The summed E-state index contributed by atoms with van der Waals surface area (Å²) in [6, 6.07) is 4.71. The van der Waals surface area contributed by atoms with E-state index in [1.54, 1.807) is 6.33 Å². The Balaban J connectivity index is 1.84. The molecule has 0 radical (unpaired) electrons. The molecule has 1 atom stereocenters. The molecule has 5 rings (SSSR count). The van der Waals surface area contributed by atoms with Crippen molar-refractivity contribution in [2.24, 2.45) is 0 Å². The topological polar surface area (TPSA) is 75.9 Å². The summed E-state index contributed by atoms with van der Waals surface area (Å²) >= 11 is 0. The molecule has 1 aliphatic heterocycles. The normalized spacial score (nSPS) is 20.9. The van der Waals surface area contributed by atoms with E-state index in [2.05, 4.69) is 43.6 Å². The summed E-state index contributed by atoms with van der Waals surface area (Å²) in [6.45, 7) is 4.23. The fourth-order valence-electron chi connectivity index (χ4n) is 5.23. The Morgan fingerprint density at radius 2 is 1.97 bits per heavy atom. The van der Waals surface area contributed by atoms with Gasteiger partial charge in [-0.3, -0.25) is 4.57 Å². The summed E-state index contributed by atoms with van der Waals surface area (Å²) in [5, 5.41) is 9.22. The van der Waals surface area contributed by atoms with E-state index in [0.717, 1.165) is 48.2 Å². The Morgan fingerprint density at radius 3 is 2.70 bits per heavy atom. The van der Waals surface area contributed by atoms with Gasteiger partial charge in [0.1, 0.15) is 29.2 Å². The highest BCUT2D eigenvalue weighted by Crippen LogP contribution is 2.50. The van der Waals surface area contributed by atoms with Gasteiger partial charge in [0.25, 0.3) is 0 Å². The van der Waals surface area contributed by atoms with Crippen molar-refractivity contribution in [2.45, 2.75) is 57.5 Å². The van der Waals surface area contributed by atoms with Gasteiger partial charge in [0, 0.05) is 26.3 Å². The van der Waals surface area contributed by atoms with Crippen LogP contribution in [0.1, 0.15) is 56.2 Å². The maximum atomic E-state index is 4.80. The van der Waals surface area contributed by atoms with Crippen LogP contribution in [0, 0.1) is 6.92 Å². The number of fused-ring (bicyclic) bond motifs is 3. The van der Waals surface area contributed by atoms with Crippen LogP contribution in [0.3, 0.4) is 0 Å². The SMILES string of the molecule is CC[C@@]1(c2ccnc(N(C)C)c2)c2nnc(C)n2-c2cncnc2N1C1CCCC1. The number of rotatable bonds is 4. The van der Waals surface area contributed by atoms with Crippen LogP contribution in [-0.4, -0.2) is 49.9 Å². The molecule has 3 aromatic rings. The van der Waals surface area contributed by atoms with Crippen LogP contribution in [-0.2, 0) is 5.54 Å². The monoisotopic (exact) mass is 404 g/mol. The zero-order valence-electron chi connectivity index (χ0n) is 18.1. The Kier molecular flexibility index (Phi) is 4.45. The van der Waals surface area contributed by atoms with Gasteiger partial charge in [0.05, 0.1) is 6.20 Å². The first-order valence-corrected chi connectivity index (χ1v) is 10.7. The number of anilines is 2. The van der Waals surface area contributed by atoms with Crippen molar-refractivity contribution < 1.29 is 0 Å². The molecule has 8 heteroatoms. The fraction of sp³-hybridized carbons (Fsp3) is 0.500. The average Bonchev–Trinajstić information content (AvgIpc) is 3.43. The Hall–Kier alpha value is -3.03. The Morgan fingerprint density at radius 1 is 1.17 bits per heavy atom. The number of pyridine rings is 1. The second-order valence-electron chi connectivity index (χ2n) is 8.46. The molecule has 1 aliphatic carbocycles. The lowest BCUT2D eigenvalue weighted by molar-refractivity contribution is 0.366. The molecular weight excluding hydrogens is 376 g/mol. The minimum absolute atomic E-state index is 0.403. The first kappa shape index (κ1) is 19.0. The van der Waals surface area contributed by atoms with Crippen molar-refractivity contribution in [2.75, 3.05) is 23.9 Å². The van der Waals surface area contributed by atoms with Crippen LogP contribution in [0.2, 0.25) is 0 Å². The predicted molar refractivity (Wildman–Crippen MR) is 116 cm³/mol. The lowest BCUT2D eigenvalue weighted by Gasteiger charge is -2.50. The maximum absolute atomic E-state index is 4.80. The van der Waals surface area contributed by atoms with E-state index in [1.807, 2.05) is 38.3 Å². The summed E-state index contributed by atoms with van der Waals surface area (Å²) in [5.41, 5.74) is 1.67. The Bertz CT molecular complexity index is 1070. The van der Waals surface area contributed by atoms with Crippen LogP contribution in [0.4, 0.5) is 11.6 Å². The Labute approximate surface area is 177 Å². The van der Waals surface area contributed by atoms with Gasteiger partial charge < -0.3 is 9.80 Å². The zero-order chi connectivity index (χ0) is 20.9. The molecule has 4 heterocycles. The van der Waals surface area contributed by atoms with Gasteiger partial charge in [0.15, 0.2) is 11.6 Å². The quantitative estimate of drug-likeness (QED) is 0.661. The van der Waals surface area contributed by atoms with Gasteiger partial charge >= 0.3 is 0 Å². The van der Waals surface area contributed by atoms with Crippen molar-refractivity contribution in [3.63, 3.8) is 0 Å². The first-order valence-electron chi connectivity index (χ1n) is 10.7. The summed E-state index contributed by atoms with van der Waals surface area (Å²) < 4.78 is 2.14. The molecule has 0 saturated heterocycles. The van der Waals surface area contributed by atoms with Crippen LogP contribution in [0.25, 0.3) is 5.69 Å². The summed E-state index contributed by atoms with van der Waals surface area (Å²) in [4.78, 5) is 18.3. The smallest absolute Gasteiger partial charge is 0.168 e. The fourth-order valence-corrected chi connectivity index (χ4v) is 5.23. The third-order valence-corrected chi connectivity index (χ3v) is 6.63. The van der Waals surface area contributed by atoms with Crippen LogP contribution < -0.4 is 9.80 Å². The average molecular weight is 405 g/mol. The van der Waals surface area contributed by atoms with Gasteiger partial charge in [-0.05, 0) is 43.9 Å². The van der Waals surface area contributed by atoms with Gasteiger partial charge in [-0.25, -0.2) is 15.0 Å². The molecule has 1 saturated carbocycles. The highest BCUT2D eigenvalue weighted by atomic mass is 15.4. The third kappa shape index (κ3) is 2.55.